The number of rotatable bonds is 3. The number of fused-ring (bicyclic) bond motifs is 1. The number of hydrazine groups is 1. The van der Waals surface area contributed by atoms with E-state index in [1.807, 2.05) is 16.8 Å². The first-order valence-corrected chi connectivity index (χ1v) is 9.88. The highest BCUT2D eigenvalue weighted by Crippen LogP contribution is 2.27. The van der Waals surface area contributed by atoms with E-state index in [-0.39, 0.29) is 0 Å². The molecule has 2 N–H and O–H groups in total. The van der Waals surface area contributed by atoms with Crippen LogP contribution in [-0.2, 0) is 12.8 Å². The van der Waals surface area contributed by atoms with Gasteiger partial charge in [-0.2, -0.15) is 5.10 Å². The number of amides is 2. The number of hydrogen-bond donors (Lipinski definition) is 2. The highest BCUT2D eigenvalue weighted by Gasteiger charge is 2.25. The minimum absolute atomic E-state index is 0.336. The van der Waals surface area contributed by atoms with E-state index in [0.717, 1.165) is 49.0 Å². The van der Waals surface area contributed by atoms with Crippen LogP contribution in [0.2, 0.25) is 5.02 Å². The van der Waals surface area contributed by atoms with Gasteiger partial charge in [-0.3, -0.25) is 25.4 Å². The molecule has 0 aliphatic heterocycles. The van der Waals surface area contributed by atoms with Gasteiger partial charge in [0.1, 0.15) is 0 Å². The van der Waals surface area contributed by atoms with Gasteiger partial charge in [0.15, 0.2) is 5.69 Å². The Morgan fingerprint density at radius 1 is 0.966 bits per heavy atom. The van der Waals surface area contributed by atoms with Crippen molar-refractivity contribution in [3.8, 4) is 5.69 Å². The van der Waals surface area contributed by atoms with Gasteiger partial charge in [0.2, 0.25) is 0 Å². The molecule has 1 aromatic carbocycles. The predicted octanol–water partition coefficient (Wildman–Crippen LogP) is 3.26. The average molecular weight is 410 g/mol. The molecule has 0 saturated heterocycles. The zero-order valence-corrected chi connectivity index (χ0v) is 16.4. The molecule has 8 heteroatoms. The standard InChI is InChI=1S/C21H20ClN5O2/c22-15-8-10-16(11-9-15)27-18-7-3-1-2-6-17(18)19(26-27)21(29)25-24-20(28)14-5-4-12-23-13-14/h4-5,8-13H,1-3,6-7H2,(H,24,28)(H,25,29). The van der Waals surface area contributed by atoms with Crippen molar-refractivity contribution in [3.63, 3.8) is 0 Å². The van der Waals surface area contributed by atoms with Gasteiger partial charge in [-0.25, -0.2) is 4.68 Å². The van der Waals surface area contributed by atoms with Crippen molar-refractivity contribution in [1.29, 1.82) is 0 Å². The van der Waals surface area contributed by atoms with Gasteiger partial charge >= 0.3 is 0 Å². The molecule has 2 heterocycles. The van der Waals surface area contributed by atoms with Crippen molar-refractivity contribution in [2.24, 2.45) is 0 Å². The van der Waals surface area contributed by atoms with E-state index >= 15 is 0 Å². The van der Waals surface area contributed by atoms with Crippen molar-refractivity contribution in [1.82, 2.24) is 25.6 Å². The molecule has 0 saturated carbocycles. The van der Waals surface area contributed by atoms with Crippen molar-refractivity contribution in [2.45, 2.75) is 32.1 Å². The quantitative estimate of drug-likeness (QED) is 0.513. The molecular weight excluding hydrogens is 390 g/mol. The minimum atomic E-state index is -0.437. The number of nitrogens with zero attached hydrogens (tertiary/aromatic N) is 3. The Hall–Kier alpha value is -3.19. The average Bonchev–Trinajstić information content (AvgIpc) is 2.94. The van der Waals surface area contributed by atoms with E-state index in [9.17, 15) is 9.59 Å². The molecule has 0 radical (unpaired) electrons. The van der Waals surface area contributed by atoms with E-state index in [1.54, 1.807) is 30.5 Å². The summed E-state index contributed by atoms with van der Waals surface area (Å²) in [5.41, 5.74) is 8.43. The first-order chi connectivity index (χ1) is 14.1. The maximum atomic E-state index is 12.8. The van der Waals surface area contributed by atoms with Crippen molar-refractivity contribution in [3.05, 3.63) is 76.3 Å². The van der Waals surface area contributed by atoms with Crippen LogP contribution in [0.5, 0.6) is 0 Å². The fourth-order valence-electron chi connectivity index (χ4n) is 3.50. The predicted molar refractivity (Wildman–Crippen MR) is 109 cm³/mol. The van der Waals surface area contributed by atoms with Crippen LogP contribution in [0.1, 0.15) is 51.4 Å². The van der Waals surface area contributed by atoms with E-state index in [0.29, 0.717) is 16.3 Å². The van der Waals surface area contributed by atoms with Crippen LogP contribution < -0.4 is 10.9 Å². The molecule has 1 aliphatic rings. The first kappa shape index (κ1) is 19.1. The summed E-state index contributed by atoms with van der Waals surface area (Å²) in [6.45, 7) is 0. The third kappa shape index (κ3) is 4.14. The molecule has 29 heavy (non-hydrogen) atoms. The van der Waals surface area contributed by atoms with Crippen molar-refractivity contribution in [2.75, 3.05) is 0 Å². The summed E-state index contributed by atoms with van der Waals surface area (Å²) in [5.74, 6) is -0.872. The number of aromatic nitrogens is 3. The lowest BCUT2D eigenvalue weighted by atomic mass is 10.1. The number of halogens is 1. The number of carbonyl (C=O) groups is 2. The van der Waals surface area contributed by atoms with Crippen LogP contribution in [0.3, 0.4) is 0 Å². The first-order valence-electron chi connectivity index (χ1n) is 9.51. The summed E-state index contributed by atoms with van der Waals surface area (Å²) < 4.78 is 1.81. The second-order valence-corrected chi connectivity index (χ2v) is 7.31. The summed E-state index contributed by atoms with van der Waals surface area (Å²) in [7, 11) is 0. The monoisotopic (exact) mass is 409 g/mol. The fraction of sp³-hybridized carbons (Fsp3) is 0.238. The van der Waals surface area contributed by atoms with Gasteiger partial charge in [0, 0.05) is 28.7 Å². The number of benzene rings is 1. The number of pyridine rings is 1. The maximum Gasteiger partial charge on any atom is 0.290 e. The molecule has 0 bridgehead atoms. The van der Waals surface area contributed by atoms with E-state index in [2.05, 4.69) is 20.9 Å². The van der Waals surface area contributed by atoms with E-state index < -0.39 is 11.8 Å². The second kappa shape index (κ2) is 8.45. The summed E-state index contributed by atoms with van der Waals surface area (Å²) in [5, 5.41) is 5.22. The van der Waals surface area contributed by atoms with Gasteiger partial charge in [-0.15, -0.1) is 0 Å². The molecule has 0 spiro atoms. The Labute approximate surface area is 173 Å². The van der Waals surface area contributed by atoms with Crippen LogP contribution in [0.4, 0.5) is 0 Å². The molecule has 0 unspecified atom stereocenters. The van der Waals surface area contributed by atoms with Gasteiger partial charge in [-0.1, -0.05) is 18.0 Å². The molecule has 4 rings (SSSR count). The molecule has 1 aliphatic carbocycles. The molecular formula is C21H20ClN5O2. The Morgan fingerprint density at radius 3 is 2.48 bits per heavy atom. The Morgan fingerprint density at radius 2 is 1.72 bits per heavy atom. The normalized spacial score (nSPS) is 13.3. The smallest absolute Gasteiger partial charge is 0.267 e. The van der Waals surface area contributed by atoms with Gasteiger partial charge in [0.05, 0.1) is 11.3 Å². The summed E-state index contributed by atoms with van der Waals surface area (Å²) in [6.07, 6.45) is 7.79. The Balaban J connectivity index is 1.60. The zero-order valence-electron chi connectivity index (χ0n) is 15.7. The Bertz CT molecular complexity index is 1030. The van der Waals surface area contributed by atoms with E-state index in [4.69, 9.17) is 11.6 Å². The fourth-order valence-corrected chi connectivity index (χ4v) is 3.62. The second-order valence-electron chi connectivity index (χ2n) is 6.87. The molecule has 2 amide bonds. The number of hydrogen-bond acceptors (Lipinski definition) is 4. The molecule has 2 aromatic heterocycles. The molecule has 3 aromatic rings. The lowest BCUT2D eigenvalue weighted by Crippen LogP contribution is -2.42. The van der Waals surface area contributed by atoms with Crippen LogP contribution >= 0.6 is 11.6 Å². The zero-order chi connectivity index (χ0) is 20.2. The number of nitrogens with one attached hydrogen (secondary N) is 2. The van der Waals surface area contributed by atoms with Crippen molar-refractivity contribution < 1.29 is 9.59 Å². The summed E-state index contributed by atoms with van der Waals surface area (Å²) in [4.78, 5) is 28.9. The van der Waals surface area contributed by atoms with Crippen LogP contribution in [0, 0.1) is 0 Å². The Kier molecular flexibility index (Phi) is 5.57. The van der Waals surface area contributed by atoms with Crippen LogP contribution in [0.15, 0.2) is 48.8 Å². The lowest BCUT2D eigenvalue weighted by molar-refractivity contribution is 0.0843. The van der Waals surface area contributed by atoms with Gasteiger partial charge in [-0.05, 0) is 62.1 Å². The van der Waals surface area contributed by atoms with Crippen LogP contribution in [0.25, 0.3) is 5.69 Å². The topological polar surface area (TPSA) is 88.9 Å². The molecule has 7 nitrogen and oxygen atoms in total. The molecule has 148 valence electrons. The summed E-state index contributed by atoms with van der Waals surface area (Å²) >= 11 is 6.01. The highest BCUT2D eigenvalue weighted by atomic mass is 35.5. The largest absolute Gasteiger partial charge is 0.290 e. The van der Waals surface area contributed by atoms with Gasteiger partial charge < -0.3 is 0 Å². The van der Waals surface area contributed by atoms with Crippen molar-refractivity contribution >= 4 is 23.4 Å². The van der Waals surface area contributed by atoms with E-state index in [1.165, 1.54) is 6.20 Å². The van der Waals surface area contributed by atoms with Gasteiger partial charge in [0.25, 0.3) is 11.8 Å². The molecule has 0 atom stereocenters. The minimum Gasteiger partial charge on any atom is -0.267 e. The lowest BCUT2D eigenvalue weighted by Gasteiger charge is -2.07. The highest BCUT2D eigenvalue weighted by molar-refractivity contribution is 6.30. The molecule has 0 fully saturated rings. The SMILES string of the molecule is O=C(NNC(=O)c1nn(-c2ccc(Cl)cc2)c2c1CCCCC2)c1cccnc1. The maximum absolute atomic E-state index is 12.8. The van der Waals surface area contributed by atoms with Crippen LogP contribution in [-0.4, -0.2) is 26.6 Å². The summed E-state index contributed by atoms with van der Waals surface area (Å²) in [6, 6.07) is 10.6. The number of carbonyl (C=O) groups excluding carboxylic acids is 2. The third-order valence-electron chi connectivity index (χ3n) is 4.93. The third-order valence-corrected chi connectivity index (χ3v) is 5.18.